The summed E-state index contributed by atoms with van der Waals surface area (Å²) < 4.78 is 10.5. The van der Waals surface area contributed by atoms with Gasteiger partial charge in [-0.25, -0.2) is 4.79 Å². The van der Waals surface area contributed by atoms with Crippen molar-refractivity contribution in [3.8, 4) is 0 Å². The molecule has 3 N–H and O–H groups in total. The number of carbonyl (C=O) groups is 5. The molecule has 0 saturated heterocycles. The number of carboxylic acids is 2. The van der Waals surface area contributed by atoms with Crippen molar-refractivity contribution in [2.24, 2.45) is 23.7 Å². The summed E-state index contributed by atoms with van der Waals surface area (Å²) in [5.41, 5.74) is 0.901. The number of ether oxygens (including phenoxy) is 2. The Hall–Kier alpha value is -4.15. The average molecular weight is 616 g/mol. The minimum Gasteiger partial charge on any atom is -0.481 e. The van der Waals surface area contributed by atoms with Crippen LogP contribution in [-0.2, 0) is 35.1 Å². The van der Waals surface area contributed by atoms with Crippen molar-refractivity contribution in [1.29, 1.82) is 0 Å². The maximum Gasteiger partial charge on any atom is 0.338 e. The molecule has 1 aliphatic carbocycles. The zero-order chi connectivity index (χ0) is 30.7. The number of nitrogens with one attached hydrogen (secondary N) is 1. The van der Waals surface area contributed by atoms with Gasteiger partial charge in [-0.15, -0.1) is 0 Å². The summed E-state index contributed by atoms with van der Waals surface area (Å²) in [7, 11) is 1.02. The normalized spacial score (nSPS) is 21.0. The number of hydrogen-bond donors (Lipinski definition) is 3. The predicted octanol–water partition coefficient (Wildman–Crippen LogP) is 4.24. The molecule has 220 valence electrons. The highest BCUT2D eigenvalue weighted by molar-refractivity contribution is 6.42. The summed E-state index contributed by atoms with van der Waals surface area (Å²) in [6.45, 7) is 1.55. The summed E-state index contributed by atoms with van der Waals surface area (Å²) in [6.07, 6.45) is -0.900. The van der Waals surface area contributed by atoms with Gasteiger partial charge in [0.25, 0.3) is 0 Å². The van der Waals surface area contributed by atoms with Crippen LogP contribution >= 0.6 is 23.2 Å². The van der Waals surface area contributed by atoms with E-state index >= 15 is 0 Å². The van der Waals surface area contributed by atoms with Gasteiger partial charge >= 0.3 is 23.9 Å². The molecule has 3 aromatic carbocycles. The van der Waals surface area contributed by atoms with Crippen LogP contribution in [0.15, 0.2) is 60.7 Å². The molecule has 4 rings (SSSR count). The SMILES string of the molecule is COC(=O)[C@H]1[C@@H](C(=O)O)[C@H](C(=O)O)[C@@H]1C(=O)N[C@@H](C)[C@H](Cc1ccc(Cl)c(Cl)c1)OC(=O)c1ccc2ccccc2c1. The van der Waals surface area contributed by atoms with Gasteiger partial charge in [0, 0.05) is 6.42 Å². The zero-order valence-corrected chi connectivity index (χ0v) is 24.0. The Morgan fingerprint density at radius 3 is 2.10 bits per heavy atom. The Morgan fingerprint density at radius 2 is 1.48 bits per heavy atom. The molecular weight excluding hydrogens is 589 g/mol. The summed E-state index contributed by atoms with van der Waals surface area (Å²) in [6, 6.07) is 16.5. The molecule has 0 heterocycles. The van der Waals surface area contributed by atoms with E-state index in [0.29, 0.717) is 10.6 Å². The molecule has 1 fully saturated rings. The van der Waals surface area contributed by atoms with E-state index in [9.17, 15) is 34.2 Å². The second-order valence-electron chi connectivity index (χ2n) is 10.1. The molecule has 3 aromatic rings. The Morgan fingerprint density at radius 1 is 0.833 bits per heavy atom. The van der Waals surface area contributed by atoms with Crippen molar-refractivity contribution in [3.05, 3.63) is 81.8 Å². The Kier molecular flexibility index (Phi) is 9.38. The molecule has 0 radical (unpaired) electrons. The van der Waals surface area contributed by atoms with E-state index in [-0.39, 0.29) is 17.0 Å². The molecule has 0 aromatic heterocycles. The molecule has 10 nitrogen and oxygen atoms in total. The van der Waals surface area contributed by atoms with Crippen molar-refractivity contribution in [2.75, 3.05) is 7.11 Å². The molecule has 1 amide bonds. The van der Waals surface area contributed by atoms with Crippen molar-refractivity contribution < 1.29 is 43.7 Å². The van der Waals surface area contributed by atoms with Crippen molar-refractivity contribution in [3.63, 3.8) is 0 Å². The molecule has 12 heteroatoms. The topological polar surface area (TPSA) is 156 Å². The molecule has 6 atom stereocenters. The average Bonchev–Trinajstić information content (AvgIpc) is 2.93. The van der Waals surface area contributed by atoms with Crippen LogP contribution in [-0.4, -0.2) is 59.3 Å². The second kappa shape index (κ2) is 12.8. The van der Waals surface area contributed by atoms with Crippen LogP contribution in [0.4, 0.5) is 0 Å². The molecular formula is C30H27Cl2NO9. The number of carboxylic acid groups (broad SMARTS) is 2. The number of rotatable bonds is 10. The van der Waals surface area contributed by atoms with Gasteiger partial charge < -0.3 is 25.0 Å². The summed E-state index contributed by atoms with van der Waals surface area (Å²) in [5.74, 6) is -12.0. The van der Waals surface area contributed by atoms with Crippen LogP contribution < -0.4 is 5.32 Å². The van der Waals surface area contributed by atoms with Crippen LogP contribution in [0.1, 0.15) is 22.8 Å². The van der Waals surface area contributed by atoms with Gasteiger partial charge in [0.05, 0.1) is 52.4 Å². The van der Waals surface area contributed by atoms with E-state index in [1.165, 1.54) is 0 Å². The molecule has 0 aliphatic heterocycles. The van der Waals surface area contributed by atoms with Crippen molar-refractivity contribution in [1.82, 2.24) is 5.32 Å². The maximum absolute atomic E-state index is 13.4. The first-order valence-electron chi connectivity index (χ1n) is 12.9. The molecule has 1 aliphatic rings. The third kappa shape index (κ3) is 6.34. The number of halogens is 2. The van der Waals surface area contributed by atoms with Gasteiger partial charge in [-0.05, 0) is 47.5 Å². The van der Waals surface area contributed by atoms with E-state index < -0.39 is 65.6 Å². The largest absolute Gasteiger partial charge is 0.481 e. The zero-order valence-electron chi connectivity index (χ0n) is 22.5. The summed E-state index contributed by atoms with van der Waals surface area (Å²) in [5, 5.41) is 24.2. The van der Waals surface area contributed by atoms with Gasteiger partial charge in [0.1, 0.15) is 6.10 Å². The van der Waals surface area contributed by atoms with Gasteiger partial charge in [-0.3, -0.25) is 19.2 Å². The highest BCUT2D eigenvalue weighted by atomic mass is 35.5. The minimum absolute atomic E-state index is 0.0862. The molecule has 0 unspecified atom stereocenters. The third-order valence-electron chi connectivity index (χ3n) is 7.49. The first-order chi connectivity index (χ1) is 19.9. The lowest BCUT2D eigenvalue weighted by Crippen LogP contribution is -2.63. The lowest BCUT2D eigenvalue weighted by atomic mass is 9.56. The summed E-state index contributed by atoms with van der Waals surface area (Å²) >= 11 is 12.2. The number of amides is 1. The number of aliphatic carboxylic acids is 2. The van der Waals surface area contributed by atoms with E-state index in [1.807, 2.05) is 24.3 Å². The quantitative estimate of drug-likeness (QED) is 0.284. The number of benzene rings is 3. The molecule has 42 heavy (non-hydrogen) atoms. The van der Waals surface area contributed by atoms with Gasteiger partial charge in [0.2, 0.25) is 5.91 Å². The smallest absolute Gasteiger partial charge is 0.338 e. The fraction of sp³-hybridized carbons (Fsp3) is 0.300. The van der Waals surface area contributed by atoms with Gasteiger partial charge in [-0.1, -0.05) is 59.6 Å². The standard InChI is InChI=1S/C30H27Cl2NO9/c1-14(33-26(34)22-23(27(35)36)24(28(37)38)25(22)30(40)41-2)21(12-15-7-10-19(31)20(32)11-15)42-29(39)18-9-8-16-5-3-4-6-17(16)13-18/h3-11,13-14,21-25H,12H2,1-2H3,(H,33,34)(H,35,36)(H,37,38)/t14-,21-,22-,23+,24-,25+/m0/s1. The highest BCUT2D eigenvalue weighted by Crippen LogP contribution is 2.47. The van der Waals surface area contributed by atoms with E-state index in [0.717, 1.165) is 17.9 Å². The van der Waals surface area contributed by atoms with Crippen LogP contribution in [0.2, 0.25) is 10.0 Å². The second-order valence-corrected chi connectivity index (χ2v) is 10.9. The van der Waals surface area contributed by atoms with Crippen molar-refractivity contribution in [2.45, 2.75) is 25.5 Å². The monoisotopic (exact) mass is 615 g/mol. The Balaban J connectivity index is 1.60. The fourth-order valence-corrected chi connectivity index (χ4v) is 5.59. The van der Waals surface area contributed by atoms with Crippen LogP contribution in [0.3, 0.4) is 0 Å². The number of carbonyl (C=O) groups excluding carboxylic acids is 3. The summed E-state index contributed by atoms with van der Waals surface area (Å²) in [4.78, 5) is 62.6. The number of hydrogen-bond acceptors (Lipinski definition) is 7. The Bertz CT molecular complexity index is 1560. The van der Waals surface area contributed by atoms with Crippen molar-refractivity contribution >= 4 is 63.8 Å². The predicted molar refractivity (Wildman–Crippen MR) is 152 cm³/mol. The van der Waals surface area contributed by atoms with Crippen LogP contribution in [0, 0.1) is 23.7 Å². The molecule has 0 bridgehead atoms. The number of esters is 2. The van der Waals surface area contributed by atoms with Crippen LogP contribution in [0.5, 0.6) is 0 Å². The van der Waals surface area contributed by atoms with Crippen LogP contribution in [0.25, 0.3) is 10.8 Å². The van der Waals surface area contributed by atoms with E-state index in [2.05, 4.69) is 10.1 Å². The van der Waals surface area contributed by atoms with E-state index in [1.54, 1.807) is 43.3 Å². The van der Waals surface area contributed by atoms with Gasteiger partial charge in [0.15, 0.2) is 0 Å². The maximum atomic E-state index is 13.4. The number of methoxy groups -OCH3 is 1. The lowest BCUT2D eigenvalue weighted by Gasteiger charge is -2.45. The molecule has 0 spiro atoms. The van der Waals surface area contributed by atoms with Gasteiger partial charge in [-0.2, -0.15) is 0 Å². The minimum atomic E-state index is -1.66. The fourth-order valence-electron chi connectivity index (χ4n) is 5.27. The first kappa shape index (κ1) is 30.8. The third-order valence-corrected chi connectivity index (χ3v) is 8.23. The van der Waals surface area contributed by atoms with E-state index in [4.69, 9.17) is 27.9 Å². The Labute approximate surface area is 250 Å². The molecule has 1 saturated carbocycles. The highest BCUT2D eigenvalue weighted by Gasteiger charge is 2.64. The first-order valence-corrected chi connectivity index (χ1v) is 13.7. The number of fused-ring (bicyclic) bond motifs is 1. The lowest BCUT2D eigenvalue weighted by molar-refractivity contribution is -0.188.